The van der Waals surface area contributed by atoms with Gasteiger partial charge < -0.3 is 13.2 Å². The van der Waals surface area contributed by atoms with Gasteiger partial charge in [0.15, 0.2) is 5.65 Å². The first-order valence-corrected chi connectivity index (χ1v) is 29.1. The molecule has 0 saturated carbocycles. The number of thiazole rings is 2. The molecule has 11 aromatic rings. The first kappa shape index (κ1) is 63.9. The van der Waals surface area contributed by atoms with Crippen LogP contribution in [0, 0.1) is 0 Å². The van der Waals surface area contributed by atoms with Crippen molar-refractivity contribution in [2.24, 2.45) is 0 Å². The molecule has 0 radical (unpaired) electrons. The second-order valence-corrected chi connectivity index (χ2v) is 28.6. The van der Waals surface area contributed by atoms with Gasteiger partial charge in [0.1, 0.15) is 23.9 Å². The summed E-state index contributed by atoms with van der Waals surface area (Å²) < 4.78 is 8.01. The fourth-order valence-corrected chi connectivity index (χ4v) is 8.71. The Kier molecular flexibility index (Phi) is 21.2. The maximum atomic E-state index is 4.55. The van der Waals surface area contributed by atoms with E-state index in [0.29, 0.717) is 0 Å². The average Bonchev–Trinajstić information content (AvgIpc) is 4.24. The Labute approximate surface area is 485 Å². The lowest BCUT2D eigenvalue weighted by atomic mass is 9.88. The van der Waals surface area contributed by atoms with Crippen molar-refractivity contribution in [2.75, 3.05) is 0 Å². The number of aromatic nitrogens is 13. The van der Waals surface area contributed by atoms with Gasteiger partial charge in [0.05, 0.1) is 39.9 Å². The molecule has 0 atom stereocenters. The van der Waals surface area contributed by atoms with Crippen molar-refractivity contribution in [2.45, 2.75) is 183 Å². The highest BCUT2D eigenvalue weighted by molar-refractivity contribution is 7.09. The fraction of sp³-hybridized carbons (Fsp3) is 0.431. The number of fused-ring (bicyclic) bond motifs is 4. The third-order valence-electron chi connectivity index (χ3n) is 12.5. The number of hydrogen-bond acceptors (Lipinski definition) is 11. The minimum absolute atomic E-state index is 0.131. The van der Waals surface area contributed by atoms with Gasteiger partial charge in [-0.1, -0.05) is 151 Å². The van der Waals surface area contributed by atoms with Crippen LogP contribution in [0.5, 0.6) is 0 Å². The normalized spacial score (nSPS) is 12.1. The third-order valence-corrected chi connectivity index (χ3v) is 14.3. The van der Waals surface area contributed by atoms with Crippen molar-refractivity contribution in [1.29, 1.82) is 0 Å². The summed E-state index contributed by atoms with van der Waals surface area (Å²) in [5, 5.41) is 13.2. The monoisotopic (exact) mass is 1120 g/mol. The summed E-state index contributed by atoms with van der Waals surface area (Å²) in [6.07, 6.45) is 26.5. The highest BCUT2D eigenvalue weighted by Crippen LogP contribution is 2.27. The average molecular weight is 1120 g/mol. The van der Waals surface area contributed by atoms with E-state index in [1.165, 1.54) is 33.0 Å². The van der Waals surface area contributed by atoms with Crippen LogP contribution in [-0.2, 0) is 37.9 Å². The van der Waals surface area contributed by atoms with Crippen LogP contribution in [-0.4, -0.2) is 62.7 Å². The molecule has 11 rings (SSSR count). The molecule has 426 valence electrons. The molecule has 0 aliphatic heterocycles. The lowest BCUT2D eigenvalue weighted by molar-refractivity contribution is 0.573. The molecule has 0 saturated heterocycles. The van der Waals surface area contributed by atoms with Gasteiger partial charge in [-0.2, -0.15) is 0 Å². The van der Waals surface area contributed by atoms with Crippen LogP contribution >= 0.6 is 22.7 Å². The molecule has 0 aliphatic carbocycles. The minimum atomic E-state index is 0.131. The van der Waals surface area contributed by atoms with Crippen LogP contribution < -0.4 is 0 Å². The van der Waals surface area contributed by atoms with E-state index in [4.69, 9.17) is 0 Å². The smallest absolute Gasteiger partial charge is 0.160 e. The highest BCUT2D eigenvalue weighted by atomic mass is 32.1. The predicted molar refractivity (Wildman–Crippen MR) is 336 cm³/mol. The highest BCUT2D eigenvalue weighted by Gasteiger charge is 2.19. The first-order valence-electron chi connectivity index (χ1n) is 27.2. The van der Waals surface area contributed by atoms with Gasteiger partial charge in [-0.05, 0) is 92.4 Å². The number of nitrogens with zero attached hydrogens (tertiary/aromatic N) is 13. The molecule has 0 aromatic carbocycles. The Bertz CT molecular complexity index is 3240. The van der Waals surface area contributed by atoms with E-state index < -0.39 is 0 Å². The number of hydrogen-bond donors (Lipinski definition) is 0. The molecule has 15 heteroatoms. The van der Waals surface area contributed by atoms with Gasteiger partial charge >= 0.3 is 0 Å². The van der Waals surface area contributed by atoms with E-state index in [2.05, 4.69) is 255 Å². The third kappa shape index (κ3) is 19.7. The van der Waals surface area contributed by atoms with E-state index >= 15 is 0 Å². The number of pyridine rings is 4. The molecule has 0 aliphatic rings. The zero-order valence-corrected chi connectivity index (χ0v) is 53.3. The Hall–Kier alpha value is -6.97. The number of imidazole rings is 3. The maximum Gasteiger partial charge on any atom is 0.160 e. The molecule has 80 heavy (non-hydrogen) atoms. The molecular weight excluding hydrogens is 1030 g/mol. The molecule has 0 unspecified atom stereocenters. The van der Waals surface area contributed by atoms with E-state index in [9.17, 15) is 0 Å². The summed E-state index contributed by atoms with van der Waals surface area (Å²) in [4.78, 5) is 29.2. The van der Waals surface area contributed by atoms with Crippen molar-refractivity contribution >= 4 is 45.1 Å². The Balaban J connectivity index is 0.000000173. The summed E-state index contributed by atoms with van der Waals surface area (Å²) in [7, 11) is 0. The lowest BCUT2D eigenvalue weighted by Gasteiger charge is -2.18. The van der Waals surface area contributed by atoms with Crippen molar-refractivity contribution < 1.29 is 0 Å². The Morgan fingerprint density at radius 2 is 1.00 bits per heavy atom. The molecule has 0 spiro atoms. The Morgan fingerprint density at radius 1 is 0.425 bits per heavy atom. The topological polar surface area (TPSA) is 134 Å². The predicted octanol–water partition coefficient (Wildman–Crippen LogP) is 16.6. The maximum absolute atomic E-state index is 4.55. The SMILES string of the molecule is CC(C)(C)c1ccn2ccnc2c1.CC(C)(C)c1ccn2cncc2c1.CC(C)(C)c1ccn2cnnc2c1.CC(C)(C)c1cn2ccccc2n1.CC(C)(C)c1cncnc1.CC(C)(C)c1cscn1.CC(C)(C)c1nccs1. The minimum Gasteiger partial charge on any atom is -0.307 e. The van der Waals surface area contributed by atoms with Gasteiger partial charge in [-0.15, -0.1) is 32.9 Å². The van der Waals surface area contributed by atoms with E-state index in [0.717, 1.165) is 28.2 Å². The van der Waals surface area contributed by atoms with Crippen molar-refractivity contribution in [3.05, 3.63) is 197 Å². The zero-order valence-electron chi connectivity index (χ0n) is 51.6. The van der Waals surface area contributed by atoms with Crippen molar-refractivity contribution in [3.63, 3.8) is 0 Å². The van der Waals surface area contributed by atoms with E-state index in [1.54, 1.807) is 35.3 Å². The van der Waals surface area contributed by atoms with Crippen LogP contribution in [0.3, 0.4) is 0 Å². The van der Waals surface area contributed by atoms with Crippen LogP contribution in [0.25, 0.3) is 22.5 Å². The van der Waals surface area contributed by atoms with Gasteiger partial charge in [0.2, 0.25) is 0 Å². The fourth-order valence-electron chi connectivity index (χ4n) is 7.21. The summed E-state index contributed by atoms with van der Waals surface area (Å²) >= 11 is 3.37. The van der Waals surface area contributed by atoms with Crippen LogP contribution in [0.15, 0.2) is 158 Å². The van der Waals surface area contributed by atoms with Crippen LogP contribution in [0.2, 0.25) is 0 Å². The van der Waals surface area contributed by atoms with Crippen molar-refractivity contribution in [3.8, 4) is 0 Å². The molecular formula is C65H89N13S2. The second kappa shape index (κ2) is 26.5. The summed E-state index contributed by atoms with van der Waals surface area (Å²) in [5.41, 5.74) is 14.8. The zero-order chi connectivity index (χ0) is 59.3. The molecule has 11 aromatic heterocycles. The van der Waals surface area contributed by atoms with Crippen LogP contribution in [0.1, 0.15) is 184 Å². The standard InChI is InChI=1S/3C11H14N2.C10H13N3.C8H12N2.2C7H11NS/c1-11(2,3)9-4-6-13-7-5-12-10(13)8-9;1-11(2,3)9-4-5-13-8-12-7-10(13)6-9;1-11(2,3)9-8-13-7-5-4-6-10(13)12-9;1-10(2,3)8-4-5-13-7-11-12-9(13)6-8;1-8(2,3)7-4-9-6-10-5-7;1-7(2,3)6-4-9-5-8-6;1-7(2,3)6-8-4-5-9-6/h3*4-8H,1-3H3;4-7H,1-3H3;4-6H,1-3H3;2*4-5H,1-3H3. The van der Waals surface area contributed by atoms with Gasteiger partial charge in [0.25, 0.3) is 0 Å². The summed E-state index contributed by atoms with van der Waals surface area (Å²) in [6.45, 7) is 45.8. The van der Waals surface area contributed by atoms with Crippen molar-refractivity contribution in [1.82, 2.24) is 62.7 Å². The molecule has 0 fully saturated rings. The first-order chi connectivity index (χ1) is 37.1. The lowest BCUT2D eigenvalue weighted by Crippen LogP contribution is -2.11. The molecule has 13 nitrogen and oxygen atoms in total. The summed E-state index contributed by atoms with van der Waals surface area (Å²) in [5.74, 6) is 0. The molecule has 0 N–H and O–H groups in total. The summed E-state index contributed by atoms with van der Waals surface area (Å²) in [6, 6.07) is 18.9. The second-order valence-electron chi connectivity index (χ2n) is 26.9. The van der Waals surface area contributed by atoms with Gasteiger partial charge in [-0.25, -0.2) is 34.9 Å². The molecule has 11 heterocycles. The molecule has 0 amide bonds. The van der Waals surface area contributed by atoms with E-state index in [-0.39, 0.29) is 37.9 Å². The quantitative estimate of drug-likeness (QED) is 0.145. The van der Waals surface area contributed by atoms with Gasteiger partial charge in [0, 0.05) is 89.0 Å². The Morgan fingerprint density at radius 3 is 1.49 bits per heavy atom. The number of rotatable bonds is 0. The van der Waals surface area contributed by atoms with Crippen LogP contribution in [0.4, 0.5) is 0 Å². The largest absolute Gasteiger partial charge is 0.307 e. The molecule has 0 bridgehead atoms. The van der Waals surface area contributed by atoms with E-state index in [1.807, 2.05) is 98.2 Å². The van der Waals surface area contributed by atoms with Gasteiger partial charge in [-0.3, -0.25) is 4.40 Å².